The Morgan fingerprint density at radius 2 is 2.03 bits per heavy atom. The van der Waals surface area contributed by atoms with Crippen LogP contribution < -0.4 is 9.47 Å². The summed E-state index contributed by atoms with van der Waals surface area (Å²) in [5, 5.41) is 9.65. The van der Waals surface area contributed by atoms with Crippen molar-refractivity contribution in [3.05, 3.63) is 56.0 Å². The highest BCUT2D eigenvalue weighted by atomic mass is 127. The van der Waals surface area contributed by atoms with E-state index in [1.165, 1.54) is 28.8 Å². The van der Waals surface area contributed by atoms with Crippen molar-refractivity contribution in [1.29, 1.82) is 0 Å². The summed E-state index contributed by atoms with van der Waals surface area (Å²) in [6, 6.07) is 10.1. The van der Waals surface area contributed by atoms with Gasteiger partial charge in [0.15, 0.2) is 16.7 Å². The van der Waals surface area contributed by atoms with Crippen LogP contribution in [0, 0.1) is 3.57 Å². The number of hydrogen-bond donors (Lipinski definition) is 1. The van der Waals surface area contributed by atoms with E-state index < -0.39 is 5.97 Å². The van der Waals surface area contributed by atoms with Gasteiger partial charge in [0.25, 0.3) is 5.91 Å². The summed E-state index contributed by atoms with van der Waals surface area (Å²) in [6.07, 6.45) is 2.69. The molecule has 2 aromatic rings. The summed E-state index contributed by atoms with van der Waals surface area (Å²) < 4.78 is 12.5. The minimum absolute atomic E-state index is 0.142. The lowest BCUT2D eigenvalue weighted by molar-refractivity contribution is -0.121. The van der Waals surface area contributed by atoms with Gasteiger partial charge in [-0.2, -0.15) is 0 Å². The Kier molecular flexibility index (Phi) is 8.19. The third-order valence-electron chi connectivity index (χ3n) is 4.40. The van der Waals surface area contributed by atoms with Gasteiger partial charge in [0.1, 0.15) is 0 Å². The van der Waals surface area contributed by atoms with Crippen molar-refractivity contribution in [3.63, 3.8) is 0 Å². The summed E-state index contributed by atoms with van der Waals surface area (Å²) in [5.41, 5.74) is 1.43. The molecule has 0 bridgehead atoms. The molecule has 0 atom stereocenters. The number of likely N-dealkylation sites (N-methyl/N-ethyl adjacent to an activating group) is 1. The number of benzene rings is 2. The zero-order valence-corrected chi connectivity index (χ0v) is 20.9. The van der Waals surface area contributed by atoms with Crippen LogP contribution in [0.25, 0.3) is 6.08 Å². The van der Waals surface area contributed by atoms with Crippen LogP contribution in [0.2, 0.25) is 0 Å². The molecule has 168 valence electrons. The zero-order valence-electron chi connectivity index (χ0n) is 17.9. The molecule has 1 fully saturated rings. The van der Waals surface area contributed by atoms with Crippen LogP contribution in [0.4, 0.5) is 5.69 Å². The van der Waals surface area contributed by atoms with E-state index in [0.717, 1.165) is 15.6 Å². The number of aromatic carboxylic acids is 1. The first-order chi connectivity index (χ1) is 15.3. The SMILES string of the molecule is CCCOc1c(I)cc(/C=C2/SC(=Nc3cccc(C(=O)O)c3)N(C)C2=O)cc1OCC. The molecule has 9 heteroatoms. The van der Waals surface area contributed by atoms with Crippen LogP contribution in [-0.4, -0.2) is 47.3 Å². The standard InChI is InChI=1S/C23H23IN2O5S/c1-4-9-31-20-17(24)10-14(11-18(20)30-5-2)12-19-21(27)26(3)23(32-19)25-16-8-6-7-15(13-16)22(28)29/h6-8,10-13H,4-5,9H2,1-3H3,(H,28,29)/b19-12+,25-23?. The Morgan fingerprint density at radius 1 is 1.25 bits per heavy atom. The Labute approximate surface area is 204 Å². The molecule has 3 rings (SSSR count). The average molecular weight is 566 g/mol. The molecule has 0 unspecified atom stereocenters. The molecule has 2 aromatic carbocycles. The number of aliphatic imine (C=N–C) groups is 1. The van der Waals surface area contributed by atoms with Gasteiger partial charge in [-0.05, 0) is 89.7 Å². The number of rotatable bonds is 8. The summed E-state index contributed by atoms with van der Waals surface area (Å²) in [7, 11) is 1.65. The number of amidine groups is 1. The van der Waals surface area contributed by atoms with Crippen molar-refractivity contribution in [2.45, 2.75) is 20.3 Å². The Bertz CT molecular complexity index is 1100. The Hall–Kier alpha value is -2.53. The normalized spacial score (nSPS) is 16.1. The second kappa shape index (κ2) is 10.9. The number of hydrogen-bond acceptors (Lipinski definition) is 6. The van der Waals surface area contributed by atoms with Crippen LogP contribution in [0.15, 0.2) is 46.3 Å². The molecular formula is C23H23IN2O5S. The highest BCUT2D eigenvalue weighted by molar-refractivity contribution is 14.1. The molecule has 0 spiro atoms. The van der Waals surface area contributed by atoms with E-state index in [1.807, 2.05) is 26.0 Å². The number of halogens is 1. The summed E-state index contributed by atoms with van der Waals surface area (Å²) in [4.78, 5) is 30.4. The minimum atomic E-state index is -1.03. The van der Waals surface area contributed by atoms with E-state index in [0.29, 0.717) is 40.5 Å². The molecular weight excluding hydrogens is 543 g/mol. The van der Waals surface area contributed by atoms with Gasteiger partial charge in [-0.3, -0.25) is 9.69 Å². The molecule has 1 N–H and O–H groups in total. The zero-order chi connectivity index (χ0) is 23.3. The van der Waals surface area contributed by atoms with Crippen LogP contribution in [0.1, 0.15) is 36.2 Å². The predicted molar refractivity (Wildman–Crippen MR) is 135 cm³/mol. The maximum absolute atomic E-state index is 12.8. The van der Waals surface area contributed by atoms with Crippen molar-refractivity contribution in [3.8, 4) is 11.5 Å². The first-order valence-electron chi connectivity index (χ1n) is 10.0. The highest BCUT2D eigenvalue weighted by Crippen LogP contribution is 2.38. The second-order valence-electron chi connectivity index (χ2n) is 6.84. The average Bonchev–Trinajstić information content (AvgIpc) is 3.01. The summed E-state index contributed by atoms with van der Waals surface area (Å²) in [5.74, 6) is 0.145. The first kappa shape index (κ1) is 24.1. The van der Waals surface area contributed by atoms with Gasteiger partial charge >= 0.3 is 5.97 Å². The van der Waals surface area contributed by atoms with Crippen LogP contribution in [0.5, 0.6) is 11.5 Å². The number of nitrogens with zero attached hydrogens (tertiary/aromatic N) is 2. The van der Waals surface area contributed by atoms with E-state index in [1.54, 1.807) is 25.3 Å². The van der Waals surface area contributed by atoms with E-state index in [2.05, 4.69) is 27.6 Å². The van der Waals surface area contributed by atoms with Gasteiger partial charge in [-0.15, -0.1) is 0 Å². The monoisotopic (exact) mass is 566 g/mol. The molecule has 7 nitrogen and oxygen atoms in total. The number of carboxylic acid groups (broad SMARTS) is 1. The number of carboxylic acids is 1. The number of thioether (sulfide) groups is 1. The maximum Gasteiger partial charge on any atom is 0.335 e. The van der Waals surface area contributed by atoms with Gasteiger partial charge in [0.2, 0.25) is 0 Å². The third kappa shape index (κ3) is 5.63. The van der Waals surface area contributed by atoms with Crippen molar-refractivity contribution in [2.24, 2.45) is 4.99 Å². The second-order valence-corrected chi connectivity index (χ2v) is 9.01. The van der Waals surface area contributed by atoms with Crippen LogP contribution in [-0.2, 0) is 4.79 Å². The summed E-state index contributed by atoms with van der Waals surface area (Å²) in [6.45, 7) is 5.05. The minimum Gasteiger partial charge on any atom is -0.490 e. The van der Waals surface area contributed by atoms with Crippen molar-refractivity contribution in [2.75, 3.05) is 20.3 Å². The number of carbonyl (C=O) groups is 2. The number of carbonyl (C=O) groups excluding carboxylic acids is 1. The van der Waals surface area contributed by atoms with Gasteiger partial charge in [0, 0.05) is 7.05 Å². The van der Waals surface area contributed by atoms with Gasteiger partial charge in [-0.25, -0.2) is 9.79 Å². The van der Waals surface area contributed by atoms with Gasteiger partial charge in [-0.1, -0.05) is 13.0 Å². The first-order valence-corrected chi connectivity index (χ1v) is 11.9. The van der Waals surface area contributed by atoms with Crippen molar-refractivity contribution in [1.82, 2.24) is 4.90 Å². The molecule has 1 amide bonds. The maximum atomic E-state index is 12.8. The van der Waals surface area contributed by atoms with Crippen molar-refractivity contribution >= 4 is 63.2 Å². The molecule has 1 heterocycles. The quantitative estimate of drug-likeness (QED) is 0.340. The Balaban J connectivity index is 1.91. The van der Waals surface area contributed by atoms with Gasteiger partial charge in [0.05, 0.1) is 32.9 Å². The fourth-order valence-electron chi connectivity index (χ4n) is 2.90. The van der Waals surface area contributed by atoms with Crippen LogP contribution in [0.3, 0.4) is 0 Å². The van der Waals surface area contributed by atoms with E-state index in [9.17, 15) is 14.7 Å². The molecule has 0 radical (unpaired) electrons. The molecule has 1 aliphatic rings. The highest BCUT2D eigenvalue weighted by Gasteiger charge is 2.30. The molecule has 0 aromatic heterocycles. The molecule has 32 heavy (non-hydrogen) atoms. The molecule has 1 aliphatic heterocycles. The Morgan fingerprint density at radius 3 is 2.72 bits per heavy atom. The fraction of sp³-hybridized carbons (Fsp3) is 0.261. The molecule has 0 aliphatic carbocycles. The van der Waals surface area contributed by atoms with Crippen LogP contribution >= 0.6 is 34.4 Å². The smallest absolute Gasteiger partial charge is 0.335 e. The van der Waals surface area contributed by atoms with Gasteiger partial charge < -0.3 is 14.6 Å². The molecule has 1 saturated heterocycles. The molecule has 0 saturated carbocycles. The fourth-order valence-corrected chi connectivity index (χ4v) is 4.67. The summed E-state index contributed by atoms with van der Waals surface area (Å²) >= 11 is 3.45. The topological polar surface area (TPSA) is 88.4 Å². The van der Waals surface area contributed by atoms with E-state index in [-0.39, 0.29) is 11.5 Å². The number of ether oxygens (including phenoxy) is 2. The third-order valence-corrected chi connectivity index (χ3v) is 6.26. The van der Waals surface area contributed by atoms with E-state index >= 15 is 0 Å². The number of amides is 1. The lowest BCUT2D eigenvalue weighted by Crippen LogP contribution is -2.23. The predicted octanol–water partition coefficient (Wildman–Crippen LogP) is 5.41. The lowest BCUT2D eigenvalue weighted by Gasteiger charge is -2.14. The lowest BCUT2D eigenvalue weighted by atomic mass is 10.2. The largest absolute Gasteiger partial charge is 0.490 e. The van der Waals surface area contributed by atoms with E-state index in [4.69, 9.17) is 9.47 Å². The van der Waals surface area contributed by atoms with Crippen molar-refractivity contribution < 1.29 is 24.2 Å².